The summed E-state index contributed by atoms with van der Waals surface area (Å²) in [6, 6.07) is 11.5. The number of benzene rings is 1. The van der Waals surface area contributed by atoms with Gasteiger partial charge in [0.1, 0.15) is 17.8 Å². The molecule has 0 unspecified atom stereocenters. The zero-order valence-corrected chi connectivity index (χ0v) is 12.8. The van der Waals surface area contributed by atoms with Crippen molar-refractivity contribution in [2.45, 2.75) is 6.42 Å². The van der Waals surface area contributed by atoms with Crippen LogP contribution in [0.5, 0.6) is 0 Å². The van der Waals surface area contributed by atoms with Gasteiger partial charge in [0.15, 0.2) is 0 Å². The second-order valence-corrected chi connectivity index (χ2v) is 4.76. The highest BCUT2D eigenvalue weighted by atomic mass is 16.5. The molecule has 2 aromatic rings. The molecule has 6 nitrogen and oxygen atoms in total. The summed E-state index contributed by atoms with van der Waals surface area (Å²) < 4.78 is 4.95. The SMILES string of the molecule is COCCCNC(=O)c1cc(N(C)c2ccccc2)ncn1. The fourth-order valence-electron chi connectivity index (χ4n) is 1.95. The van der Waals surface area contributed by atoms with Gasteiger partial charge in [0.2, 0.25) is 0 Å². The molecule has 2 rings (SSSR count). The van der Waals surface area contributed by atoms with Crippen LogP contribution in [0.1, 0.15) is 16.9 Å². The molecule has 0 spiro atoms. The van der Waals surface area contributed by atoms with Gasteiger partial charge in [-0.05, 0) is 18.6 Å². The maximum atomic E-state index is 12.1. The zero-order valence-electron chi connectivity index (χ0n) is 12.8. The van der Waals surface area contributed by atoms with E-state index in [1.165, 1.54) is 6.33 Å². The van der Waals surface area contributed by atoms with E-state index >= 15 is 0 Å². The third-order valence-electron chi connectivity index (χ3n) is 3.18. The molecule has 0 saturated carbocycles. The van der Waals surface area contributed by atoms with Crippen molar-refractivity contribution >= 4 is 17.4 Å². The van der Waals surface area contributed by atoms with Crippen LogP contribution < -0.4 is 10.2 Å². The van der Waals surface area contributed by atoms with Gasteiger partial charge in [0.05, 0.1) is 0 Å². The summed E-state index contributed by atoms with van der Waals surface area (Å²) in [6.07, 6.45) is 2.17. The molecule has 1 amide bonds. The standard InChI is InChI=1S/C16H20N4O2/c1-20(13-7-4-3-5-8-13)15-11-14(18-12-19-15)16(21)17-9-6-10-22-2/h3-5,7-8,11-12H,6,9-10H2,1-2H3,(H,17,21). The van der Waals surface area contributed by atoms with Crippen molar-refractivity contribution in [1.29, 1.82) is 0 Å². The summed E-state index contributed by atoms with van der Waals surface area (Å²) in [5, 5.41) is 2.81. The van der Waals surface area contributed by atoms with Gasteiger partial charge in [-0.25, -0.2) is 9.97 Å². The van der Waals surface area contributed by atoms with Crippen LogP contribution in [0.2, 0.25) is 0 Å². The van der Waals surface area contributed by atoms with Crippen LogP contribution in [0.15, 0.2) is 42.7 Å². The van der Waals surface area contributed by atoms with Crippen LogP contribution in [0, 0.1) is 0 Å². The van der Waals surface area contributed by atoms with Gasteiger partial charge >= 0.3 is 0 Å². The van der Waals surface area contributed by atoms with Crippen LogP contribution in [0.3, 0.4) is 0 Å². The number of hydrogen-bond acceptors (Lipinski definition) is 5. The molecule has 0 aliphatic heterocycles. The monoisotopic (exact) mass is 300 g/mol. The van der Waals surface area contributed by atoms with Crippen LogP contribution >= 0.6 is 0 Å². The number of para-hydroxylation sites is 1. The maximum Gasteiger partial charge on any atom is 0.270 e. The molecule has 0 saturated heterocycles. The number of nitrogens with zero attached hydrogens (tertiary/aromatic N) is 3. The van der Waals surface area contributed by atoms with Crippen molar-refractivity contribution in [2.75, 3.05) is 32.2 Å². The molecule has 1 heterocycles. The van der Waals surface area contributed by atoms with E-state index in [9.17, 15) is 4.79 Å². The summed E-state index contributed by atoms with van der Waals surface area (Å²) in [7, 11) is 3.54. The molecular weight excluding hydrogens is 280 g/mol. The molecule has 0 fully saturated rings. The number of methoxy groups -OCH3 is 1. The van der Waals surface area contributed by atoms with E-state index in [1.807, 2.05) is 42.3 Å². The van der Waals surface area contributed by atoms with Crippen molar-refractivity contribution in [3.63, 3.8) is 0 Å². The molecule has 1 aromatic heterocycles. The summed E-state index contributed by atoms with van der Waals surface area (Å²) in [5.74, 6) is 0.462. The fraction of sp³-hybridized carbons (Fsp3) is 0.312. The number of carbonyl (C=O) groups is 1. The van der Waals surface area contributed by atoms with Crippen LogP contribution in [0.4, 0.5) is 11.5 Å². The summed E-state index contributed by atoms with van der Waals surface area (Å²) in [6.45, 7) is 1.17. The van der Waals surface area contributed by atoms with Gasteiger partial charge in [0.25, 0.3) is 5.91 Å². The maximum absolute atomic E-state index is 12.1. The highest BCUT2D eigenvalue weighted by molar-refractivity contribution is 5.93. The topological polar surface area (TPSA) is 67.3 Å². The predicted octanol–water partition coefficient (Wildman–Crippen LogP) is 2.01. The lowest BCUT2D eigenvalue weighted by Crippen LogP contribution is -2.26. The number of carbonyl (C=O) groups excluding carboxylic acids is 1. The third kappa shape index (κ3) is 4.26. The number of nitrogens with one attached hydrogen (secondary N) is 1. The highest BCUT2D eigenvalue weighted by Gasteiger charge is 2.11. The molecule has 0 atom stereocenters. The Bertz CT molecular complexity index is 604. The lowest BCUT2D eigenvalue weighted by Gasteiger charge is -2.18. The average Bonchev–Trinajstić information content (AvgIpc) is 2.59. The van der Waals surface area contributed by atoms with Crippen molar-refractivity contribution in [2.24, 2.45) is 0 Å². The second-order valence-electron chi connectivity index (χ2n) is 4.76. The first-order chi connectivity index (χ1) is 10.7. The number of amides is 1. The largest absolute Gasteiger partial charge is 0.385 e. The van der Waals surface area contributed by atoms with Crippen LogP contribution in [-0.2, 0) is 4.74 Å². The molecular formula is C16H20N4O2. The van der Waals surface area contributed by atoms with E-state index in [-0.39, 0.29) is 5.91 Å². The number of hydrogen-bond donors (Lipinski definition) is 1. The molecule has 116 valence electrons. The Morgan fingerprint density at radius 3 is 2.77 bits per heavy atom. The Hall–Kier alpha value is -2.47. The minimum Gasteiger partial charge on any atom is -0.385 e. The highest BCUT2D eigenvalue weighted by Crippen LogP contribution is 2.20. The van der Waals surface area contributed by atoms with Crippen molar-refractivity contribution < 1.29 is 9.53 Å². The van der Waals surface area contributed by atoms with Gasteiger partial charge in [-0.2, -0.15) is 0 Å². The fourth-order valence-corrected chi connectivity index (χ4v) is 1.95. The molecule has 1 N–H and O–H groups in total. The number of anilines is 2. The van der Waals surface area contributed by atoms with Gasteiger partial charge in [-0.1, -0.05) is 18.2 Å². The average molecular weight is 300 g/mol. The molecule has 6 heteroatoms. The molecule has 0 aliphatic carbocycles. The first kappa shape index (κ1) is 15.9. The van der Waals surface area contributed by atoms with E-state index in [2.05, 4.69) is 15.3 Å². The Labute approximate surface area is 130 Å². The van der Waals surface area contributed by atoms with Gasteiger partial charge in [-0.3, -0.25) is 4.79 Å². The first-order valence-corrected chi connectivity index (χ1v) is 7.10. The third-order valence-corrected chi connectivity index (χ3v) is 3.18. The van der Waals surface area contributed by atoms with E-state index in [4.69, 9.17) is 4.74 Å². The van der Waals surface area contributed by atoms with Crippen LogP contribution in [0.25, 0.3) is 0 Å². The number of aromatic nitrogens is 2. The molecule has 0 bridgehead atoms. The van der Waals surface area contributed by atoms with E-state index < -0.39 is 0 Å². The van der Waals surface area contributed by atoms with Gasteiger partial charge in [0, 0.05) is 39.1 Å². The van der Waals surface area contributed by atoms with E-state index in [0.29, 0.717) is 24.7 Å². The quantitative estimate of drug-likeness (QED) is 0.792. The van der Waals surface area contributed by atoms with Crippen molar-refractivity contribution in [3.8, 4) is 0 Å². The lowest BCUT2D eigenvalue weighted by atomic mass is 10.3. The van der Waals surface area contributed by atoms with Gasteiger partial charge < -0.3 is 15.0 Å². The van der Waals surface area contributed by atoms with Crippen molar-refractivity contribution in [3.05, 3.63) is 48.4 Å². The second kappa shape index (κ2) is 8.09. The van der Waals surface area contributed by atoms with E-state index in [1.54, 1.807) is 13.2 Å². The van der Waals surface area contributed by atoms with Gasteiger partial charge in [-0.15, -0.1) is 0 Å². The number of ether oxygens (including phenoxy) is 1. The summed E-state index contributed by atoms with van der Waals surface area (Å²) in [5.41, 5.74) is 1.35. The molecule has 22 heavy (non-hydrogen) atoms. The minimum absolute atomic E-state index is 0.207. The Kier molecular flexibility index (Phi) is 5.85. The zero-order chi connectivity index (χ0) is 15.8. The summed E-state index contributed by atoms with van der Waals surface area (Å²) in [4.78, 5) is 22.2. The summed E-state index contributed by atoms with van der Waals surface area (Å²) >= 11 is 0. The number of rotatable bonds is 7. The smallest absolute Gasteiger partial charge is 0.270 e. The molecule has 1 aromatic carbocycles. The minimum atomic E-state index is -0.207. The van der Waals surface area contributed by atoms with E-state index in [0.717, 1.165) is 12.1 Å². The lowest BCUT2D eigenvalue weighted by molar-refractivity contribution is 0.0943. The Morgan fingerprint density at radius 1 is 1.27 bits per heavy atom. The predicted molar refractivity (Wildman–Crippen MR) is 85.4 cm³/mol. The van der Waals surface area contributed by atoms with Crippen molar-refractivity contribution in [1.82, 2.24) is 15.3 Å². The Morgan fingerprint density at radius 2 is 2.05 bits per heavy atom. The first-order valence-electron chi connectivity index (χ1n) is 7.10. The molecule has 0 radical (unpaired) electrons. The molecule has 0 aliphatic rings. The normalized spacial score (nSPS) is 10.3. The van der Waals surface area contributed by atoms with Crippen LogP contribution in [-0.4, -0.2) is 43.2 Å². The Balaban J connectivity index is 2.05.